The summed E-state index contributed by atoms with van der Waals surface area (Å²) in [5.41, 5.74) is 1.15. The summed E-state index contributed by atoms with van der Waals surface area (Å²) in [7, 11) is 3.41. The predicted molar refractivity (Wildman–Crippen MR) is 88.6 cm³/mol. The molecule has 2 rings (SSSR count). The maximum Gasteiger partial charge on any atom is 0.123 e. The Morgan fingerprint density at radius 2 is 2.05 bits per heavy atom. The van der Waals surface area contributed by atoms with E-state index in [1.54, 1.807) is 25.6 Å². The Balaban J connectivity index is 2.29. The zero-order valence-electron chi connectivity index (χ0n) is 12.9. The number of hydrogen-bond donors (Lipinski definition) is 1. The Bertz CT molecular complexity index is 540. The number of ether oxygens (including phenoxy) is 2. The van der Waals surface area contributed by atoms with Gasteiger partial charge in [0.05, 0.1) is 14.2 Å². The van der Waals surface area contributed by atoms with E-state index in [2.05, 4.69) is 35.8 Å². The summed E-state index contributed by atoms with van der Waals surface area (Å²) in [6.07, 6.45) is 2.06. The molecule has 1 aromatic carbocycles. The smallest absolute Gasteiger partial charge is 0.123 e. The average molecular weight is 305 g/mol. The molecule has 0 aliphatic carbocycles. The van der Waals surface area contributed by atoms with Crippen LogP contribution in [0.4, 0.5) is 0 Å². The van der Waals surface area contributed by atoms with E-state index >= 15 is 0 Å². The first kappa shape index (κ1) is 15.9. The van der Waals surface area contributed by atoms with E-state index in [0.717, 1.165) is 36.4 Å². The summed E-state index contributed by atoms with van der Waals surface area (Å²) < 4.78 is 10.9. The van der Waals surface area contributed by atoms with Crippen molar-refractivity contribution in [3.8, 4) is 11.5 Å². The molecule has 2 aromatic rings. The highest BCUT2D eigenvalue weighted by Gasteiger charge is 2.17. The molecule has 1 N–H and O–H groups in total. The molecule has 3 nitrogen and oxygen atoms in total. The van der Waals surface area contributed by atoms with Gasteiger partial charge in [0.15, 0.2) is 0 Å². The van der Waals surface area contributed by atoms with Crippen molar-refractivity contribution in [2.45, 2.75) is 25.8 Å². The Kier molecular flexibility index (Phi) is 6.08. The van der Waals surface area contributed by atoms with Crippen LogP contribution in [0, 0.1) is 0 Å². The van der Waals surface area contributed by atoms with Crippen molar-refractivity contribution in [1.82, 2.24) is 5.32 Å². The first-order chi connectivity index (χ1) is 10.3. The van der Waals surface area contributed by atoms with Crippen LogP contribution in [0.1, 0.15) is 29.8 Å². The number of thiophene rings is 1. The summed E-state index contributed by atoms with van der Waals surface area (Å²) in [5, 5.41) is 5.74. The van der Waals surface area contributed by atoms with E-state index < -0.39 is 0 Å². The maximum atomic E-state index is 5.53. The molecular formula is C17H23NO2S. The summed E-state index contributed by atoms with van der Waals surface area (Å²) >= 11 is 1.79. The minimum Gasteiger partial charge on any atom is -0.497 e. The lowest BCUT2D eigenvalue weighted by atomic mass is 10.0. The molecule has 4 heteroatoms. The van der Waals surface area contributed by atoms with Crippen LogP contribution in [-0.2, 0) is 6.42 Å². The lowest BCUT2D eigenvalue weighted by Gasteiger charge is -2.21. The highest BCUT2D eigenvalue weighted by atomic mass is 32.1. The lowest BCUT2D eigenvalue weighted by Crippen LogP contribution is -2.24. The molecule has 21 heavy (non-hydrogen) atoms. The molecule has 0 aliphatic rings. The normalized spacial score (nSPS) is 12.1. The van der Waals surface area contributed by atoms with E-state index in [-0.39, 0.29) is 6.04 Å². The van der Waals surface area contributed by atoms with Gasteiger partial charge in [-0.2, -0.15) is 0 Å². The third-order valence-electron chi connectivity index (χ3n) is 3.44. The van der Waals surface area contributed by atoms with Gasteiger partial charge in [0, 0.05) is 22.9 Å². The molecular weight excluding hydrogens is 282 g/mol. The van der Waals surface area contributed by atoms with Gasteiger partial charge in [0.1, 0.15) is 11.5 Å². The van der Waals surface area contributed by atoms with Crippen molar-refractivity contribution >= 4 is 11.3 Å². The van der Waals surface area contributed by atoms with E-state index in [4.69, 9.17) is 9.47 Å². The van der Waals surface area contributed by atoms with Gasteiger partial charge in [-0.15, -0.1) is 11.3 Å². The fraction of sp³-hybridized carbons (Fsp3) is 0.412. The SMILES string of the molecule is CCCNC(Cc1cccs1)c1cc(OC)ccc1OC. The van der Waals surface area contributed by atoms with Crippen LogP contribution < -0.4 is 14.8 Å². The Morgan fingerprint density at radius 1 is 1.19 bits per heavy atom. The van der Waals surface area contributed by atoms with Crippen LogP contribution in [0.25, 0.3) is 0 Å². The quantitative estimate of drug-likeness (QED) is 0.798. The molecule has 0 amide bonds. The van der Waals surface area contributed by atoms with Gasteiger partial charge in [-0.25, -0.2) is 0 Å². The molecule has 0 aliphatic heterocycles. The lowest BCUT2D eigenvalue weighted by molar-refractivity contribution is 0.389. The van der Waals surface area contributed by atoms with Crippen LogP contribution in [0.5, 0.6) is 11.5 Å². The van der Waals surface area contributed by atoms with Crippen LogP contribution in [-0.4, -0.2) is 20.8 Å². The number of rotatable bonds is 8. The van der Waals surface area contributed by atoms with Gasteiger partial charge in [-0.05, 0) is 42.6 Å². The van der Waals surface area contributed by atoms with Crippen molar-refractivity contribution in [1.29, 1.82) is 0 Å². The molecule has 0 bridgehead atoms. The molecule has 0 saturated carbocycles. The van der Waals surface area contributed by atoms with Crippen LogP contribution >= 0.6 is 11.3 Å². The van der Waals surface area contributed by atoms with E-state index in [1.165, 1.54) is 4.88 Å². The van der Waals surface area contributed by atoms with Gasteiger partial charge < -0.3 is 14.8 Å². The van der Waals surface area contributed by atoms with Gasteiger partial charge in [-0.1, -0.05) is 13.0 Å². The number of methoxy groups -OCH3 is 2. The summed E-state index contributed by atoms with van der Waals surface area (Å²) in [4.78, 5) is 1.37. The number of benzene rings is 1. The largest absolute Gasteiger partial charge is 0.497 e. The molecule has 114 valence electrons. The summed E-state index contributed by atoms with van der Waals surface area (Å²) in [6, 6.07) is 10.5. The van der Waals surface area contributed by atoms with Crippen LogP contribution in [0.15, 0.2) is 35.7 Å². The van der Waals surface area contributed by atoms with Crippen molar-refractivity contribution in [3.63, 3.8) is 0 Å². The molecule has 0 radical (unpaired) electrons. The van der Waals surface area contributed by atoms with Crippen molar-refractivity contribution in [2.24, 2.45) is 0 Å². The molecule has 0 saturated heterocycles. The standard InChI is InChI=1S/C17H23NO2S/c1-4-9-18-16(12-14-6-5-10-21-14)15-11-13(19-2)7-8-17(15)20-3/h5-8,10-11,16,18H,4,9,12H2,1-3H3. The number of hydrogen-bond acceptors (Lipinski definition) is 4. The first-order valence-corrected chi connectivity index (χ1v) is 8.14. The zero-order valence-corrected chi connectivity index (χ0v) is 13.7. The Hall–Kier alpha value is -1.52. The third kappa shape index (κ3) is 4.22. The molecule has 1 heterocycles. The zero-order chi connectivity index (χ0) is 15.1. The van der Waals surface area contributed by atoms with Gasteiger partial charge in [0.2, 0.25) is 0 Å². The van der Waals surface area contributed by atoms with Crippen LogP contribution in [0.3, 0.4) is 0 Å². The summed E-state index contributed by atoms with van der Waals surface area (Å²) in [6.45, 7) is 3.16. The minimum atomic E-state index is 0.230. The predicted octanol–water partition coefficient (Wildman–Crippen LogP) is 4.05. The monoisotopic (exact) mass is 305 g/mol. The van der Waals surface area contributed by atoms with Gasteiger partial charge in [-0.3, -0.25) is 0 Å². The van der Waals surface area contributed by atoms with E-state index in [9.17, 15) is 0 Å². The van der Waals surface area contributed by atoms with E-state index in [1.807, 2.05) is 12.1 Å². The Morgan fingerprint density at radius 3 is 2.67 bits per heavy atom. The molecule has 1 unspecified atom stereocenters. The van der Waals surface area contributed by atoms with Crippen molar-refractivity contribution in [3.05, 3.63) is 46.2 Å². The minimum absolute atomic E-state index is 0.230. The highest BCUT2D eigenvalue weighted by molar-refractivity contribution is 7.09. The maximum absolute atomic E-state index is 5.53. The first-order valence-electron chi connectivity index (χ1n) is 7.26. The Labute approximate surface area is 130 Å². The molecule has 1 atom stereocenters. The van der Waals surface area contributed by atoms with Crippen molar-refractivity contribution < 1.29 is 9.47 Å². The molecule has 1 aromatic heterocycles. The van der Waals surface area contributed by atoms with Gasteiger partial charge >= 0.3 is 0 Å². The second-order valence-corrected chi connectivity index (χ2v) is 5.93. The van der Waals surface area contributed by atoms with E-state index in [0.29, 0.717) is 0 Å². The number of nitrogens with one attached hydrogen (secondary N) is 1. The fourth-order valence-electron chi connectivity index (χ4n) is 2.35. The average Bonchev–Trinajstić information content (AvgIpc) is 3.03. The van der Waals surface area contributed by atoms with Crippen LogP contribution in [0.2, 0.25) is 0 Å². The highest BCUT2D eigenvalue weighted by Crippen LogP contribution is 2.32. The second kappa shape index (κ2) is 8.05. The van der Waals surface area contributed by atoms with Crippen molar-refractivity contribution in [2.75, 3.05) is 20.8 Å². The summed E-state index contributed by atoms with van der Waals surface area (Å²) in [5.74, 6) is 1.77. The van der Waals surface area contributed by atoms with Gasteiger partial charge in [0.25, 0.3) is 0 Å². The fourth-order valence-corrected chi connectivity index (χ4v) is 3.10. The molecule has 0 spiro atoms. The second-order valence-electron chi connectivity index (χ2n) is 4.90. The topological polar surface area (TPSA) is 30.5 Å². The molecule has 0 fully saturated rings. The third-order valence-corrected chi connectivity index (χ3v) is 4.34.